The van der Waals surface area contributed by atoms with Crippen LogP contribution < -0.4 is 0 Å². The van der Waals surface area contributed by atoms with Crippen LogP contribution in [0, 0.1) is 6.92 Å². The molecule has 0 atom stereocenters. The van der Waals surface area contributed by atoms with E-state index in [-0.39, 0.29) is 0 Å². The molecule has 10 heavy (non-hydrogen) atoms. The lowest BCUT2D eigenvalue weighted by Crippen LogP contribution is -1.62. The van der Waals surface area contributed by atoms with Crippen LogP contribution in [-0.2, 0) is 0 Å². The summed E-state index contributed by atoms with van der Waals surface area (Å²) in [7, 11) is 0. The van der Waals surface area contributed by atoms with Crippen molar-refractivity contribution in [3.8, 4) is 0 Å². The van der Waals surface area contributed by atoms with Crippen molar-refractivity contribution in [2.75, 3.05) is 5.75 Å². The summed E-state index contributed by atoms with van der Waals surface area (Å²) >= 11 is 5.85. The first-order chi connectivity index (χ1) is 4.83. The van der Waals surface area contributed by atoms with Gasteiger partial charge in [0, 0.05) is 10.6 Å². The van der Waals surface area contributed by atoms with E-state index in [2.05, 4.69) is 37.1 Å². The van der Waals surface area contributed by atoms with Crippen LogP contribution in [0.4, 0.5) is 0 Å². The van der Waals surface area contributed by atoms with Gasteiger partial charge in [-0.1, -0.05) is 12.2 Å². The molecule has 0 saturated heterocycles. The van der Waals surface area contributed by atoms with E-state index in [9.17, 15) is 0 Å². The highest BCUT2D eigenvalue weighted by atomic mass is 32.1. The molecule has 0 aliphatic rings. The second-order valence-electron chi connectivity index (χ2n) is 2.08. The number of thiol groups is 1. The Bertz CT molecular complexity index is 223. The first kappa shape index (κ1) is 7.89. The van der Waals surface area contributed by atoms with Crippen LogP contribution in [0.3, 0.4) is 0 Å². The van der Waals surface area contributed by atoms with Crippen molar-refractivity contribution in [1.82, 2.24) is 0 Å². The smallest absolute Gasteiger partial charge is 0.00858 e. The highest BCUT2D eigenvalue weighted by Gasteiger charge is 1.88. The van der Waals surface area contributed by atoms with Crippen molar-refractivity contribution in [2.24, 2.45) is 0 Å². The van der Waals surface area contributed by atoms with Gasteiger partial charge in [0.15, 0.2) is 0 Å². The molecular formula is C8H10S2. The predicted octanol–water partition coefficient (Wildman–Crippen LogP) is 3.00. The van der Waals surface area contributed by atoms with Crippen LogP contribution >= 0.6 is 24.0 Å². The van der Waals surface area contributed by atoms with Crippen molar-refractivity contribution in [1.29, 1.82) is 0 Å². The molecule has 0 spiro atoms. The normalized spacial score (nSPS) is 11.0. The Hall–Kier alpha value is -0.210. The molecule has 1 aromatic heterocycles. The third-order valence-electron chi connectivity index (χ3n) is 1.17. The highest BCUT2D eigenvalue weighted by Crippen LogP contribution is 2.13. The number of aryl methyl sites for hydroxylation is 1. The van der Waals surface area contributed by atoms with Crippen molar-refractivity contribution in [3.05, 3.63) is 28.0 Å². The third-order valence-corrected chi connectivity index (χ3v) is 2.26. The molecule has 0 radical (unpaired) electrons. The quantitative estimate of drug-likeness (QED) is 0.648. The average molecular weight is 170 g/mol. The van der Waals surface area contributed by atoms with Crippen LogP contribution in [0.5, 0.6) is 0 Å². The van der Waals surface area contributed by atoms with Crippen molar-refractivity contribution >= 4 is 30.0 Å². The maximum Gasteiger partial charge on any atom is 0.00858 e. The van der Waals surface area contributed by atoms with Crippen LogP contribution in [0.15, 0.2) is 17.5 Å². The summed E-state index contributed by atoms with van der Waals surface area (Å²) < 4.78 is 0. The Morgan fingerprint density at radius 1 is 1.70 bits per heavy atom. The van der Waals surface area contributed by atoms with E-state index >= 15 is 0 Å². The fourth-order valence-corrected chi connectivity index (χ4v) is 1.52. The molecule has 0 aromatic carbocycles. The Balaban J connectivity index is 2.67. The van der Waals surface area contributed by atoms with Crippen molar-refractivity contribution in [2.45, 2.75) is 6.92 Å². The maximum atomic E-state index is 4.07. The fraction of sp³-hybridized carbons (Fsp3) is 0.250. The van der Waals surface area contributed by atoms with Crippen LogP contribution in [0.2, 0.25) is 0 Å². The summed E-state index contributed by atoms with van der Waals surface area (Å²) in [6.07, 6.45) is 4.14. The molecule has 2 heteroatoms. The number of rotatable bonds is 2. The zero-order chi connectivity index (χ0) is 7.40. The molecule has 0 unspecified atom stereocenters. The molecule has 0 nitrogen and oxygen atoms in total. The second kappa shape index (κ2) is 3.84. The molecule has 54 valence electrons. The monoisotopic (exact) mass is 170 g/mol. The molecular weight excluding hydrogens is 160 g/mol. The molecule has 0 bridgehead atoms. The van der Waals surface area contributed by atoms with Gasteiger partial charge in [-0.15, -0.1) is 11.3 Å². The Labute approximate surface area is 71.0 Å². The minimum absolute atomic E-state index is 0.814. The first-order valence-electron chi connectivity index (χ1n) is 3.15. The van der Waals surface area contributed by atoms with Gasteiger partial charge >= 0.3 is 0 Å². The molecule has 1 heterocycles. The van der Waals surface area contributed by atoms with Gasteiger partial charge in [-0.25, -0.2) is 0 Å². The van der Waals surface area contributed by atoms with Crippen LogP contribution in [0.25, 0.3) is 6.08 Å². The van der Waals surface area contributed by atoms with Gasteiger partial charge in [0.1, 0.15) is 0 Å². The van der Waals surface area contributed by atoms with E-state index in [1.165, 1.54) is 10.4 Å². The molecule has 0 aliphatic heterocycles. The Kier molecular flexibility index (Phi) is 3.03. The number of hydrogen-bond acceptors (Lipinski definition) is 2. The lowest BCUT2D eigenvalue weighted by atomic mass is 10.3. The van der Waals surface area contributed by atoms with Crippen LogP contribution in [0.1, 0.15) is 10.4 Å². The molecule has 0 saturated carbocycles. The molecule has 1 aromatic rings. The van der Waals surface area contributed by atoms with Gasteiger partial charge in [-0.3, -0.25) is 0 Å². The topological polar surface area (TPSA) is 0 Å². The van der Waals surface area contributed by atoms with E-state index in [0.717, 1.165) is 5.75 Å². The highest BCUT2D eigenvalue weighted by molar-refractivity contribution is 7.80. The number of thiophene rings is 1. The largest absolute Gasteiger partial charge is 0.175 e. The summed E-state index contributed by atoms with van der Waals surface area (Å²) in [6.45, 7) is 2.11. The van der Waals surface area contributed by atoms with Gasteiger partial charge in [0.05, 0.1) is 0 Å². The molecule has 0 fully saturated rings. The van der Waals surface area contributed by atoms with Crippen molar-refractivity contribution < 1.29 is 0 Å². The van der Waals surface area contributed by atoms with E-state index < -0.39 is 0 Å². The Morgan fingerprint density at radius 3 is 3.00 bits per heavy atom. The maximum absolute atomic E-state index is 4.07. The summed E-state index contributed by atoms with van der Waals surface area (Å²) in [5.74, 6) is 0.814. The summed E-state index contributed by atoms with van der Waals surface area (Å²) in [6, 6.07) is 2.17. The zero-order valence-electron chi connectivity index (χ0n) is 5.87. The zero-order valence-corrected chi connectivity index (χ0v) is 7.58. The van der Waals surface area contributed by atoms with Gasteiger partial charge in [0.2, 0.25) is 0 Å². The van der Waals surface area contributed by atoms with Crippen molar-refractivity contribution in [3.63, 3.8) is 0 Å². The van der Waals surface area contributed by atoms with Gasteiger partial charge in [-0.05, 0) is 23.9 Å². The lowest BCUT2D eigenvalue weighted by Gasteiger charge is -1.79. The predicted molar refractivity (Wildman–Crippen MR) is 51.9 cm³/mol. The standard InChI is InChI=1S/C8H10S2/c1-7-5-8(6-10-7)3-2-4-9/h2-3,5-6,9H,4H2,1H3. The average Bonchev–Trinajstić information content (AvgIpc) is 2.31. The van der Waals surface area contributed by atoms with E-state index in [1.807, 2.05) is 6.08 Å². The summed E-state index contributed by atoms with van der Waals surface area (Å²) in [5.41, 5.74) is 1.29. The number of hydrogen-bond donors (Lipinski definition) is 1. The van der Waals surface area contributed by atoms with E-state index in [1.54, 1.807) is 11.3 Å². The third kappa shape index (κ3) is 2.20. The molecule has 0 amide bonds. The van der Waals surface area contributed by atoms with Gasteiger partial charge < -0.3 is 0 Å². The van der Waals surface area contributed by atoms with Crippen LogP contribution in [-0.4, -0.2) is 5.75 Å². The molecule has 1 rings (SSSR count). The first-order valence-corrected chi connectivity index (χ1v) is 4.66. The minimum Gasteiger partial charge on any atom is -0.175 e. The minimum atomic E-state index is 0.814. The summed E-state index contributed by atoms with van der Waals surface area (Å²) in [5, 5.41) is 2.15. The summed E-state index contributed by atoms with van der Waals surface area (Å²) in [4.78, 5) is 1.36. The van der Waals surface area contributed by atoms with Gasteiger partial charge in [0.25, 0.3) is 0 Å². The second-order valence-corrected chi connectivity index (χ2v) is 3.56. The molecule has 0 N–H and O–H groups in total. The van der Waals surface area contributed by atoms with Gasteiger partial charge in [-0.2, -0.15) is 12.6 Å². The lowest BCUT2D eigenvalue weighted by molar-refractivity contribution is 1.62. The fourth-order valence-electron chi connectivity index (χ4n) is 0.740. The SMILES string of the molecule is Cc1cc(C=CCS)cs1. The molecule has 0 aliphatic carbocycles. The Morgan fingerprint density at radius 2 is 2.50 bits per heavy atom. The van der Waals surface area contributed by atoms with E-state index in [4.69, 9.17) is 0 Å². The van der Waals surface area contributed by atoms with E-state index in [0.29, 0.717) is 0 Å².